The lowest BCUT2D eigenvalue weighted by atomic mass is 10.1. The molecule has 0 aliphatic rings. The molecule has 4 aromatic rings. The molecule has 0 spiro atoms. The zero-order valence-corrected chi connectivity index (χ0v) is 13.8. The molecule has 0 aliphatic carbocycles. The quantitative estimate of drug-likeness (QED) is 0.532. The van der Waals surface area contributed by atoms with Crippen molar-refractivity contribution < 1.29 is 4.39 Å². The van der Waals surface area contributed by atoms with Gasteiger partial charge in [0.2, 0.25) is 0 Å². The van der Waals surface area contributed by atoms with Crippen LogP contribution in [-0.2, 0) is 6.42 Å². The molecular weight excluding hydrogens is 317 g/mol. The Morgan fingerprint density at radius 3 is 2.88 bits per heavy atom. The van der Waals surface area contributed by atoms with E-state index in [4.69, 9.17) is 5.73 Å². The van der Waals surface area contributed by atoms with Gasteiger partial charge in [-0.2, -0.15) is 0 Å². The normalized spacial score (nSPS) is 12.6. The van der Waals surface area contributed by atoms with Crippen LogP contribution in [0.3, 0.4) is 0 Å². The smallest absolute Gasteiger partial charge is 0.144 e. The Balaban J connectivity index is 1.58. The highest BCUT2D eigenvalue weighted by molar-refractivity contribution is 5.83. The van der Waals surface area contributed by atoms with Crippen molar-refractivity contribution in [2.24, 2.45) is 5.73 Å². The van der Waals surface area contributed by atoms with Gasteiger partial charge in [-0.15, -0.1) is 0 Å². The summed E-state index contributed by atoms with van der Waals surface area (Å²) in [6.07, 6.45) is 4.33. The summed E-state index contributed by atoms with van der Waals surface area (Å²) in [6, 6.07) is 10.9. The molecule has 4 rings (SSSR count). The van der Waals surface area contributed by atoms with E-state index < -0.39 is 0 Å². The molecule has 0 bridgehead atoms. The van der Waals surface area contributed by atoms with Crippen molar-refractivity contribution in [3.8, 4) is 11.4 Å². The minimum atomic E-state index is -0.320. The van der Waals surface area contributed by atoms with Crippen LogP contribution in [0.4, 0.5) is 4.39 Å². The number of imidazole rings is 1. The van der Waals surface area contributed by atoms with Gasteiger partial charge in [-0.25, -0.2) is 14.4 Å². The van der Waals surface area contributed by atoms with Crippen LogP contribution in [0.2, 0.25) is 0 Å². The van der Waals surface area contributed by atoms with Crippen LogP contribution in [0.1, 0.15) is 23.1 Å². The first-order chi connectivity index (χ1) is 12.1. The number of aromatic amines is 2. The predicted octanol–water partition coefficient (Wildman–Crippen LogP) is 3.64. The molecule has 4 N–H and O–H groups in total. The zero-order chi connectivity index (χ0) is 17.4. The van der Waals surface area contributed by atoms with Crippen LogP contribution in [-0.4, -0.2) is 19.9 Å². The van der Waals surface area contributed by atoms with E-state index in [0.29, 0.717) is 23.6 Å². The topological polar surface area (TPSA) is 83.4 Å². The van der Waals surface area contributed by atoms with Crippen LogP contribution in [0.25, 0.3) is 22.3 Å². The number of hydrogen-bond acceptors (Lipinski definition) is 3. The molecule has 0 amide bonds. The number of nitrogens with one attached hydrogen (secondary N) is 2. The summed E-state index contributed by atoms with van der Waals surface area (Å²) in [4.78, 5) is 15.1. The molecule has 1 atom stereocenters. The summed E-state index contributed by atoms with van der Waals surface area (Å²) in [7, 11) is 0. The lowest BCUT2D eigenvalue weighted by Crippen LogP contribution is -2.14. The lowest BCUT2D eigenvalue weighted by Gasteiger charge is -2.08. The van der Waals surface area contributed by atoms with E-state index in [9.17, 15) is 4.39 Å². The van der Waals surface area contributed by atoms with Crippen LogP contribution < -0.4 is 5.73 Å². The number of benzene rings is 1. The number of hydrogen-bond donors (Lipinski definition) is 3. The number of aryl methyl sites for hydroxylation is 1. The highest BCUT2D eigenvalue weighted by atomic mass is 19.1. The fourth-order valence-corrected chi connectivity index (χ4v) is 2.98. The van der Waals surface area contributed by atoms with Gasteiger partial charge in [0.15, 0.2) is 0 Å². The van der Waals surface area contributed by atoms with Gasteiger partial charge < -0.3 is 15.7 Å². The van der Waals surface area contributed by atoms with Crippen molar-refractivity contribution in [2.75, 3.05) is 0 Å². The van der Waals surface area contributed by atoms with Crippen molar-refractivity contribution >= 4 is 10.9 Å². The second kappa shape index (κ2) is 6.14. The fraction of sp³-hybridized carbons (Fsp3) is 0.158. The van der Waals surface area contributed by atoms with E-state index in [0.717, 1.165) is 16.8 Å². The second-order valence-corrected chi connectivity index (χ2v) is 6.12. The molecule has 0 saturated carbocycles. The molecule has 3 aromatic heterocycles. The number of pyridine rings is 1. The third-order valence-corrected chi connectivity index (χ3v) is 4.36. The summed E-state index contributed by atoms with van der Waals surface area (Å²) in [5, 5.41) is 1.17. The number of nitrogens with zero attached hydrogens (tertiary/aromatic N) is 2. The maximum atomic E-state index is 13.4. The van der Waals surface area contributed by atoms with Crippen LogP contribution in [0.15, 0.2) is 48.8 Å². The van der Waals surface area contributed by atoms with Crippen molar-refractivity contribution in [3.05, 3.63) is 71.7 Å². The van der Waals surface area contributed by atoms with E-state index in [1.54, 1.807) is 19.2 Å². The van der Waals surface area contributed by atoms with E-state index in [-0.39, 0.29) is 11.9 Å². The number of para-hydroxylation sites is 1. The zero-order valence-electron chi connectivity index (χ0n) is 13.8. The maximum Gasteiger partial charge on any atom is 0.144 e. The third kappa shape index (κ3) is 2.92. The highest BCUT2D eigenvalue weighted by Gasteiger charge is 2.15. The van der Waals surface area contributed by atoms with E-state index in [1.807, 2.05) is 24.4 Å². The Hall–Kier alpha value is -2.99. The molecule has 0 fully saturated rings. The minimum Gasteiger partial charge on any atom is -0.361 e. The molecule has 3 heterocycles. The average Bonchev–Trinajstić information content (AvgIpc) is 3.25. The molecule has 25 heavy (non-hydrogen) atoms. The van der Waals surface area contributed by atoms with Crippen LogP contribution in [0.5, 0.6) is 0 Å². The van der Waals surface area contributed by atoms with Gasteiger partial charge >= 0.3 is 0 Å². The molecular formula is C19H18FN5. The van der Waals surface area contributed by atoms with Gasteiger partial charge in [0.1, 0.15) is 11.6 Å². The first kappa shape index (κ1) is 15.5. The number of rotatable bonds is 4. The van der Waals surface area contributed by atoms with Gasteiger partial charge in [-0.05, 0) is 37.1 Å². The number of halogens is 1. The predicted molar refractivity (Wildman–Crippen MR) is 95.4 cm³/mol. The SMILES string of the molecule is Cc1nc(-c2cnc(C(N)Cc3c[nH]c4ccccc34)[nH]2)ccc1F. The Labute approximate surface area is 144 Å². The van der Waals surface area contributed by atoms with Gasteiger partial charge in [0.25, 0.3) is 0 Å². The minimum absolute atomic E-state index is 0.269. The number of H-pyrrole nitrogens is 2. The average molecular weight is 335 g/mol. The van der Waals surface area contributed by atoms with Crippen LogP contribution >= 0.6 is 0 Å². The van der Waals surface area contributed by atoms with Crippen LogP contribution in [0, 0.1) is 12.7 Å². The Kier molecular flexibility index (Phi) is 3.82. The standard InChI is InChI=1S/C19H18FN5/c1-11-14(20)6-7-17(24-11)18-10-23-19(25-18)15(21)8-12-9-22-16-5-3-2-4-13(12)16/h2-7,9-10,15,22H,8,21H2,1H3,(H,23,25). The monoisotopic (exact) mass is 335 g/mol. The lowest BCUT2D eigenvalue weighted by molar-refractivity contribution is 0.610. The first-order valence-electron chi connectivity index (χ1n) is 8.11. The van der Waals surface area contributed by atoms with Gasteiger partial charge in [-0.3, -0.25) is 0 Å². The summed E-state index contributed by atoms with van der Waals surface area (Å²) in [5.74, 6) is 0.364. The molecule has 1 unspecified atom stereocenters. The number of aromatic nitrogens is 4. The third-order valence-electron chi connectivity index (χ3n) is 4.36. The number of nitrogens with two attached hydrogens (primary N) is 1. The maximum absolute atomic E-state index is 13.4. The first-order valence-corrected chi connectivity index (χ1v) is 8.11. The van der Waals surface area contributed by atoms with E-state index in [1.165, 1.54) is 11.5 Å². The van der Waals surface area contributed by atoms with Gasteiger partial charge in [0, 0.05) is 17.1 Å². The second-order valence-electron chi connectivity index (χ2n) is 6.12. The van der Waals surface area contributed by atoms with Crippen molar-refractivity contribution in [3.63, 3.8) is 0 Å². The van der Waals surface area contributed by atoms with Crippen molar-refractivity contribution in [2.45, 2.75) is 19.4 Å². The highest BCUT2D eigenvalue weighted by Crippen LogP contribution is 2.24. The molecule has 0 aliphatic heterocycles. The molecule has 0 saturated heterocycles. The summed E-state index contributed by atoms with van der Waals surface area (Å²) in [6.45, 7) is 1.64. The Morgan fingerprint density at radius 1 is 1.20 bits per heavy atom. The Bertz CT molecular complexity index is 1030. The van der Waals surface area contributed by atoms with Crippen molar-refractivity contribution in [1.29, 1.82) is 0 Å². The molecule has 1 aromatic carbocycles. The largest absolute Gasteiger partial charge is 0.361 e. The summed E-state index contributed by atoms with van der Waals surface area (Å²) < 4.78 is 13.4. The van der Waals surface area contributed by atoms with Gasteiger partial charge in [-0.1, -0.05) is 18.2 Å². The molecule has 0 radical (unpaired) electrons. The van der Waals surface area contributed by atoms with Crippen molar-refractivity contribution in [1.82, 2.24) is 19.9 Å². The fourth-order valence-electron chi connectivity index (χ4n) is 2.98. The van der Waals surface area contributed by atoms with E-state index in [2.05, 4.69) is 26.0 Å². The summed E-state index contributed by atoms with van der Waals surface area (Å²) in [5.41, 5.74) is 10.3. The molecule has 126 valence electrons. The van der Waals surface area contributed by atoms with E-state index >= 15 is 0 Å². The number of fused-ring (bicyclic) bond motifs is 1. The Morgan fingerprint density at radius 2 is 2.04 bits per heavy atom. The molecule has 6 heteroatoms. The molecule has 5 nitrogen and oxygen atoms in total. The van der Waals surface area contributed by atoms with Gasteiger partial charge in [0.05, 0.1) is 29.3 Å². The summed E-state index contributed by atoms with van der Waals surface area (Å²) >= 11 is 0.